The Morgan fingerprint density at radius 2 is 1.00 bits per heavy atom. The maximum absolute atomic E-state index is 14.1. The van der Waals surface area contributed by atoms with Gasteiger partial charge in [-0.15, -0.1) is 0 Å². The molecule has 0 saturated carbocycles. The van der Waals surface area contributed by atoms with Crippen molar-refractivity contribution in [2.75, 3.05) is 26.3 Å². The summed E-state index contributed by atoms with van der Waals surface area (Å²) in [5.41, 5.74) is 2.47. The SMILES string of the molecule is C[C@@H](c1ccc(F)cc1)N1CC[C@](CCCO)(c2ccc(F)cc2)CC1=O.C[C@@H](c1ccccc1F)N1CC[C@](CCCO)(c2ccc(F)cc2)CC1=O. The topological polar surface area (TPSA) is 81.1 Å². The van der Waals surface area contributed by atoms with Crippen molar-refractivity contribution in [3.05, 3.63) is 143 Å². The van der Waals surface area contributed by atoms with Gasteiger partial charge in [0.05, 0.1) is 12.1 Å². The molecule has 0 radical (unpaired) electrons. The molecule has 0 aliphatic carbocycles. The monoisotopic (exact) mass is 746 g/mol. The van der Waals surface area contributed by atoms with E-state index in [2.05, 4.69) is 0 Å². The van der Waals surface area contributed by atoms with Gasteiger partial charge >= 0.3 is 0 Å². The van der Waals surface area contributed by atoms with Gasteiger partial charge < -0.3 is 20.0 Å². The molecule has 288 valence electrons. The van der Waals surface area contributed by atoms with E-state index >= 15 is 0 Å². The summed E-state index contributed by atoms with van der Waals surface area (Å²) < 4.78 is 54.0. The molecule has 0 aromatic heterocycles. The molecular weight excluding hydrogens is 696 g/mol. The van der Waals surface area contributed by atoms with E-state index in [1.165, 1.54) is 42.5 Å². The third-order valence-corrected chi connectivity index (χ3v) is 11.5. The number of hydrogen-bond acceptors (Lipinski definition) is 4. The number of benzene rings is 4. The van der Waals surface area contributed by atoms with Gasteiger partial charge in [0.2, 0.25) is 11.8 Å². The summed E-state index contributed by atoms with van der Waals surface area (Å²) in [4.78, 5) is 29.6. The van der Waals surface area contributed by atoms with Crippen LogP contribution < -0.4 is 0 Å². The summed E-state index contributed by atoms with van der Waals surface area (Å²) >= 11 is 0. The number of aliphatic hydroxyl groups is 2. The lowest BCUT2D eigenvalue weighted by atomic mass is 9.69. The van der Waals surface area contributed by atoms with E-state index in [-0.39, 0.29) is 72.2 Å². The molecule has 2 fully saturated rings. The molecule has 2 heterocycles. The molecule has 2 aliphatic heterocycles. The molecule has 6 nitrogen and oxygen atoms in total. The van der Waals surface area contributed by atoms with Crippen molar-refractivity contribution < 1.29 is 37.4 Å². The van der Waals surface area contributed by atoms with Gasteiger partial charge in [-0.1, -0.05) is 54.6 Å². The van der Waals surface area contributed by atoms with E-state index in [0.717, 1.165) is 23.1 Å². The van der Waals surface area contributed by atoms with Crippen molar-refractivity contribution in [2.24, 2.45) is 0 Å². The Hall–Kier alpha value is -4.54. The molecule has 4 aromatic carbocycles. The van der Waals surface area contributed by atoms with E-state index < -0.39 is 5.41 Å². The number of carbonyl (C=O) groups is 2. The third kappa shape index (κ3) is 9.39. The van der Waals surface area contributed by atoms with E-state index in [4.69, 9.17) is 0 Å². The Kier molecular flexibility index (Phi) is 13.7. The minimum atomic E-state index is -0.418. The van der Waals surface area contributed by atoms with Crippen molar-refractivity contribution in [3.8, 4) is 0 Å². The number of rotatable bonds is 12. The van der Waals surface area contributed by atoms with Gasteiger partial charge in [0.1, 0.15) is 23.3 Å². The predicted octanol–water partition coefficient (Wildman–Crippen LogP) is 8.72. The fourth-order valence-corrected chi connectivity index (χ4v) is 8.25. The first-order chi connectivity index (χ1) is 25.9. The summed E-state index contributed by atoms with van der Waals surface area (Å²) in [6, 6.07) is 24.9. The zero-order valence-corrected chi connectivity index (χ0v) is 31.0. The van der Waals surface area contributed by atoms with Crippen LogP contribution >= 0.6 is 0 Å². The summed E-state index contributed by atoms with van der Waals surface area (Å²) in [5.74, 6) is -1.24. The summed E-state index contributed by atoms with van der Waals surface area (Å²) in [6.45, 7) is 4.97. The second kappa shape index (κ2) is 18.2. The average Bonchev–Trinajstić information content (AvgIpc) is 3.17. The molecular formula is C44H50F4N2O4. The fraction of sp³-hybridized carbons (Fsp3) is 0.409. The number of piperidine rings is 2. The maximum atomic E-state index is 14.1. The number of halogens is 4. The van der Waals surface area contributed by atoms with Crippen LogP contribution in [0.2, 0.25) is 0 Å². The van der Waals surface area contributed by atoms with Crippen molar-refractivity contribution in [1.29, 1.82) is 0 Å². The van der Waals surface area contributed by atoms with E-state index in [0.29, 0.717) is 57.2 Å². The molecule has 0 spiro atoms. The van der Waals surface area contributed by atoms with Crippen molar-refractivity contribution >= 4 is 11.8 Å². The Balaban J connectivity index is 0.000000208. The molecule has 6 rings (SSSR count). The number of aliphatic hydroxyl groups excluding tert-OH is 2. The van der Waals surface area contributed by atoms with Crippen LogP contribution in [0.15, 0.2) is 97.1 Å². The summed E-state index contributed by atoms with van der Waals surface area (Å²) in [7, 11) is 0. The van der Waals surface area contributed by atoms with Crippen LogP contribution in [0.5, 0.6) is 0 Å². The normalized spacial score (nSPS) is 21.3. The molecule has 4 aromatic rings. The van der Waals surface area contributed by atoms with Gasteiger partial charge in [0.25, 0.3) is 0 Å². The van der Waals surface area contributed by atoms with E-state index in [1.807, 2.05) is 18.7 Å². The zero-order valence-electron chi connectivity index (χ0n) is 31.0. The molecule has 10 heteroatoms. The van der Waals surface area contributed by atoms with E-state index in [9.17, 15) is 37.4 Å². The summed E-state index contributed by atoms with van der Waals surface area (Å²) in [6.07, 6.45) is 4.55. The molecule has 54 heavy (non-hydrogen) atoms. The first kappa shape index (κ1) is 40.6. The minimum absolute atomic E-state index is 0.0281. The van der Waals surface area contributed by atoms with Gasteiger partial charge in [0, 0.05) is 55.5 Å². The standard InChI is InChI=1S/2C22H25F2NO2/c1-16(17-3-7-19(23)8-4-17)25-13-12-22(11-2-14-26,15-21(25)27)18-5-9-20(24)10-6-18;1-16(19-5-2-3-6-20(19)24)25-13-12-22(11-4-14-26,15-21(25)27)17-7-9-18(23)10-8-17/h3-10,16,26H,2,11-15H2,1H3;2-3,5-10,16,26H,4,11-15H2,1H3/t2*16-,22-/m00/s1. The predicted molar refractivity (Wildman–Crippen MR) is 200 cm³/mol. The highest BCUT2D eigenvalue weighted by molar-refractivity contribution is 5.80. The van der Waals surface area contributed by atoms with Crippen molar-refractivity contribution in [3.63, 3.8) is 0 Å². The van der Waals surface area contributed by atoms with Crippen LogP contribution in [0.4, 0.5) is 17.6 Å². The van der Waals surface area contributed by atoms with Crippen molar-refractivity contribution in [2.45, 2.75) is 88.1 Å². The first-order valence-corrected chi connectivity index (χ1v) is 18.7. The molecule has 2 amide bonds. The van der Waals surface area contributed by atoms with Crippen LogP contribution in [0.1, 0.15) is 99.6 Å². The number of nitrogens with zero attached hydrogens (tertiary/aromatic N) is 2. The molecule has 4 atom stereocenters. The zero-order chi connectivity index (χ0) is 38.9. The van der Waals surface area contributed by atoms with Gasteiger partial charge in [-0.05, 0) is 112 Å². The van der Waals surface area contributed by atoms with Crippen molar-refractivity contribution in [1.82, 2.24) is 9.80 Å². The van der Waals surface area contributed by atoms with Gasteiger partial charge in [-0.25, -0.2) is 17.6 Å². The molecule has 2 aliphatic rings. The molecule has 2 saturated heterocycles. The highest BCUT2D eigenvalue weighted by atomic mass is 19.1. The Morgan fingerprint density at radius 1 is 0.593 bits per heavy atom. The number of likely N-dealkylation sites (tertiary alicyclic amines) is 2. The minimum Gasteiger partial charge on any atom is -0.396 e. The van der Waals surface area contributed by atoms with Gasteiger partial charge in [-0.3, -0.25) is 9.59 Å². The Morgan fingerprint density at radius 3 is 1.41 bits per heavy atom. The van der Waals surface area contributed by atoms with Gasteiger partial charge in [-0.2, -0.15) is 0 Å². The smallest absolute Gasteiger partial charge is 0.223 e. The lowest BCUT2D eigenvalue weighted by Crippen LogP contribution is -2.47. The van der Waals surface area contributed by atoms with Crippen LogP contribution in [-0.2, 0) is 20.4 Å². The fourth-order valence-electron chi connectivity index (χ4n) is 8.25. The number of hydrogen-bond donors (Lipinski definition) is 2. The molecule has 0 unspecified atom stereocenters. The summed E-state index contributed by atoms with van der Waals surface area (Å²) in [5, 5.41) is 18.6. The van der Waals surface area contributed by atoms with Crippen LogP contribution in [-0.4, -0.2) is 58.1 Å². The largest absolute Gasteiger partial charge is 0.396 e. The molecule has 0 bridgehead atoms. The van der Waals surface area contributed by atoms with Crippen LogP contribution in [0.25, 0.3) is 0 Å². The average molecular weight is 747 g/mol. The lowest BCUT2D eigenvalue weighted by Gasteiger charge is -2.44. The van der Waals surface area contributed by atoms with Crippen LogP contribution in [0, 0.1) is 23.3 Å². The maximum Gasteiger partial charge on any atom is 0.223 e. The second-order valence-corrected chi connectivity index (χ2v) is 14.7. The van der Waals surface area contributed by atoms with Gasteiger partial charge in [0.15, 0.2) is 0 Å². The highest BCUT2D eigenvalue weighted by Crippen LogP contribution is 2.43. The third-order valence-electron chi connectivity index (χ3n) is 11.5. The Labute approximate surface area is 315 Å². The first-order valence-electron chi connectivity index (χ1n) is 18.7. The Bertz CT molecular complexity index is 1840. The molecule has 2 N–H and O–H groups in total. The quantitative estimate of drug-likeness (QED) is 0.142. The van der Waals surface area contributed by atoms with Crippen LogP contribution in [0.3, 0.4) is 0 Å². The lowest BCUT2D eigenvalue weighted by molar-refractivity contribution is -0.139. The second-order valence-electron chi connectivity index (χ2n) is 14.7. The highest BCUT2D eigenvalue weighted by Gasteiger charge is 2.43. The number of carbonyl (C=O) groups excluding carboxylic acids is 2. The number of amides is 2. The van der Waals surface area contributed by atoms with E-state index in [1.54, 1.807) is 59.5 Å².